The summed E-state index contributed by atoms with van der Waals surface area (Å²) in [5, 5.41) is 0. The van der Waals surface area contributed by atoms with Crippen LogP contribution < -0.4 is 5.73 Å². The first kappa shape index (κ1) is 14.2. The van der Waals surface area contributed by atoms with Crippen molar-refractivity contribution in [1.82, 2.24) is 4.90 Å². The number of amides is 1. The van der Waals surface area contributed by atoms with Crippen molar-refractivity contribution in [1.29, 1.82) is 0 Å². The fraction of sp³-hybridized carbons (Fsp3) is 0.462. The Balaban J connectivity index is 2.51. The predicted octanol–water partition coefficient (Wildman–Crippen LogP) is 2.39. The molecule has 0 spiro atoms. The molecule has 0 aromatic heterocycles. The van der Waals surface area contributed by atoms with Gasteiger partial charge in [-0.1, -0.05) is 35.0 Å². The molecule has 17 heavy (non-hydrogen) atoms. The second-order valence-electron chi connectivity index (χ2n) is 4.42. The lowest BCUT2D eigenvalue weighted by Gasteiger charge is -2.19. The van der Waals surface area contributed by atoms with Crippen molar-refractivity contribution in [3.63, 3.8) is 0 Å². The molecule has 0 radical (unpaired) electrons. The Bertz CT molecular complexity index is 364. The Morgan fingerprint density at radius 1 is 1.41 bits per heavy atom. The van der Waals surface area contributed by atoms with Gasteiger partial charge in [-0.25, -0.2) is 0 Å². The van der Waals surface area contributed by atoms with Crippen molar-refractivity contribution < 1.29 is 4.79 Å². The second kappa shape index (κ2) is 6.77. The van der Waals surface area contributed by atoms with Crippen LogP contribution in [0.3, 0.4) is 0 Å². The highest BCUT2D eigenvalue weighted by atomic mass is 79.9. The van der Waals surface area contributed by atoms with E-state index in [1.54, 1.807) is 4.90 Å². The number of carbonyl (C=O) groups is 1. The summed E-state index contributed by atoms with van der Waals surface area (Å²) >= 11 is 3.39. The second-order valence-corrected chi connectivity index (χ2v) is 5.34. The van der Waals surface area contributed by atoms with Crippen molar-refractivity contribution in [2.45, 2.75) is 19.9 Å². The van der Waals surface area contributed by atoms with Gasteiger partial charge in [0.1, 0.15) is 0 Å². The minimum atomic E-state index is 0.144. The predicted molar refractivity (Wildman–Crippen MR) is 73.5 cm³/mol. The minimum Gasteiger partial charge on any atom is -0.341 e. The molecule has 0 aliphatic heterocycles. The molecule has 1 rings (SSSR count). The number of nitrogens with zero attached hydrogens (tertiary/aromatic N) is 1. The third-order valence-corrected chi connectivity index (χ3v) is 3.21. The van der Waals surface area contributed by atoms with Crippen LogP contribution in [0.1, 0.15) is 18.9 Å². The average Bonchev–Trinajstić information content (AvgIpc) is 2.31. The van der Waals surface area contributed by atoms with Crippen LogP contribution in [0.15, 0.2) is 28.7 Å². The molecule has 94 valence electrons. The van der Waals surface area contributed by atoms with Gasteiger partial charge in [0.15, 0.2) is 0 Å². The number of rotatable bonds is 5. The maximum absolute atomic E-state index is 11.8. The largest absolute Gasteiger partial charge is 0.341 e. The van der Waals surface area contributed by atoms with E-state index in [0.717, 1.165) is 10.0 Å². The first-order chi connectivity index (χ1) is 8.02. The summed E-state index contributed by atoms with van der Waals surface area (Å²) in [7, 11) is 1.83. The Morgan fingerprint density at radius 3 is 2.53 bits per heavy atom. The summed E-state index contributed by atoms with van der Waals surface area (Å²) in [6, 6.07) is 7.99. The van der Waals surface area contributed by atoms with Crippen molar-refractivity contribution >= 4 is 21.8 Å². The number of halogens is 1. The molecular formula is C13H19BrN2O. The number of hydrogen-bond donors (Lipinski definition) is 1. The standard InChI is InChI=1S/C13H19BrN2O/c1-10(8-15)7-13(17)16(2)9-11-3-5-12(14)6-4-11/h3-6,10H,7-9,15H2,1-2H3. The van der Waals surface area contributed by atoms with Crippen molar-refractivity contribution in [3.05, 3.63) is 34.3 Å². The topological polar surface area (TPSA) is 46.3 Å². The van der Waals surface area contributed by atoms with E-state index in [-0.39, 0.29) is 11.8 Å². The molecule has 0 heterocycles. The van der Waals surface area contributed by atoms with Crippen molar-refractivity contribution in [2.75, 3.05) is 13.6 Å². The lowest BCUT2D eigenvalue weighted by atomic mass is 10.1. The summed E-state index contributed by atoms with van der Waals surface area (Å²) in [5.74, 6) is 0.390. The molecule has 2 N–H and O–H groups in total. The number of benzene rings is 1. The highest BCUT2D eigenvalue weighted by Crippen LogP contribution is 2.12. The summed E-state index contributed by atoms with van der Waals surface area (Å²) in [6.07, 6.45) is 0.517. The summed E-state index contributed by atoms with van der Waals surface area (Å²) in [4.78, 5) is 13.6. The summed E-state index contributed by atoms with van der Waals surface area (Å²) in [6.45, 7) is 3.19. The van der Waals surface area contributed by atoms with E-state index < -0.39 is 0 Å². The smallest absolute Gasteiger partial charge is 0.222 e. The molecule has 3 nitrogen and oxygen atoms in total. The highest BCUT2D eigenvalue weighted by molar-refractivity contribution is 9.10. The normalized spacial score (nSPS) is 12.2. The molecule has 1 aromatic rings. The fourth-order valence-corrected chi connectivity index (χ4v) is 1.75. The fourth-order valence-electron chi connectivity index (χ4n) is 1.49. The Labute approximate surface area is 111 Å². The van der Waals surface area contributed by atoms with Gasteiger partial charge in [0, 0.05) is 24.5 Å². The van der Waals surface area contributed by atoms with Crippen LogP contribution in [0.25, 0.3) is 0 Å². The van der Waals surface area contributed by atoms with Gasteiger partial charge in [-0.2, -0.15) is 0 Å². The van der Waals surface area contributed by atoms with Gasteiger partial charge in [-0.3, -0.25) is 4.79 Å². The van der Waals surface area contributed by atoms with Gasteiger partial charge in [0.25, 0.3) is 0 Å². The van der Waals surface area contributed by atoms with Crippen LogP contribution in [0.5, 0.6) is 0 Å². The van der Waals surface area contributed by atoms with Crippen LogP contribution in [0.2, 0.25) is 0 Å². The molecule has 1 atom stereocenters. The summed E-state index contributed by atoms with van der Waals surface area (Å²) in [5.41, 5.74) is 6.64. The molecular weight excluding hydrogens is 280 g/mol. The van der Waals surface area contributed by atoms with E-state index in [1.807, 2.05) is 38.2 Å². The van der Waals surface area contributed by atoms with Crippen LogP contribution in [-0.2, 0) is 11.3 Å². The number of carbonyl (C=O) groups excluding carboxylic acids is 1. The average molecular weight is 299 g/mol. The van der Waals surface area contributed by atoms with Gasteiger partial charge >= 0.3 is 0 Å². The summed E-state index contributed by atoms with van der Waals surface area (Å²) < 4.78 is 1.05. The van der Waals surface area contributed by atoms with Crippen LogP contribution in [-0.4, -0.2) is 24.4 Å². The van der Waals surface area contributed by atoms with Gasteiger partial charge in [0.2, 0.25) is 5.91 Å². The lowest BCUT2D eigenvalue weighted by Crippen LogP contribution is -2.29. The molecule has 4 heteroatoms. The Kier molecular flexibility index (Phi) is 5.65. The van der Waals surface area contributed by atoms with E-state index in [0.29, 0.717) is 19.5 Å². The highest BCUT2D eigenvalue weighted by Gasteiger charge is 2.12. The van der Waals surface area contributed by atoms with E-state index in [4.69, 9.17) is 5.73 Å². The van der Waals surface area contributed by atoms with E-state index in [2.05, 4.69) is 15.9 Å². The zero-order chi connectivity index (χ0) is 12.8. The van der Waals surface area contributed by atoms with E-state index in [9.17, 15) is 4.79 Å². The molecule has 0 fully saturated rings. The third kappa shape index (κ3) is 4.88. The van der Waals surface area contributed by atoms with Crippen molar-refractivity contribution in [2.24, 2.45) is 11.7 Å². The maximum atomic E-state index is 11.8. The zero-order valence-electron chi connectivity index (χ0n) is 10.3. The Hall–Kier alpha value is -0.870. The van der Waals surface area contributed by atoms with Crippen LogP contribution in [0, 0.1) is 5.92 Å². The monoisotopic (exact) mass is 298 g/mol. The maximum Gasteiger partial charge on any atom is 0.222 e. The van der Waals surface area contributed by atoms with Crippen LogP contribution in [0.4, 0.5) is 0 Å². The van der Waals surface area contributed by atoms with E-state index >= 15 is 0 Å². The molecule has 0 aliphatic rings. The van der Waals surface area contributed by atoms with Gasteiger partial charge in [-0.05, 0) is 30.2 Å². The van der Waals surface area contributed by atoms with Gasteiger partial charge < -0.3 is 10.6 Å². The Morgan fingerprint density at radius 2 is 2.00 bits per heavy atom. The number of hydrogen-bond acceptors (Lipinski definition) is 2. The molecule has 1 amide bonds. The minimum absolute atomic E-state index is 0.144. The molecule has 1 aromatic carbocycles. The van der Waals surface area contributed by atoms with Crippen molar-refractivity contribution in [3.8, 4) is 0 Å². The first-order valence-electron chi connectivity index (χ1n) is 5.71. The van der Waals surface area contributed by atoms with Gasteiger partial charge in [0.05, 0.1) is 0 Å². The lowest BCUT2D eigenvalue weighted by molar-refractivity contribution is -0.131. The zero-order valence-corrected chi connectivity index (χ0v) is 11.9. The van der Waals surface area contributed by atoms with E-state index in [1.165, 1.54) is 0 Å². The first-order valence-corrected chi connectivity index (χ1v) is 6.50. The molecule has 0 aliphatic carbocycles. The molecule has 1 unspecified atom stereocenters. The molecule has 0 saturated heterocycles. The van der Waals surface area contributed by atoms with Crippen LogP contribution >= 0.6 is 15.9 Å². The molecule has 0 saturated carbocycles. The SMILES string of the molecule is CC(CN)CC(=O)N(C)Cc1ccc(Br)cc1. The molecule has 0 bridgehead atoms. The van der Waals surface area contributed by atoms with Gasteiger partial charge in [-0.15, -0.1) is 0 Å². The number of nitrogens with two attached hydrogens (primary N) is 1. The third-order valence-electron chi connectivity index (χ3n) is 2.68. The quantitative estimate of drug-likeness (QED) is 0.907.